The first-order valence-corrected chi connectivity index (χ1v) is 6.93. The molecule has 1 aliphatic rings. The molecule has 1 aromatic carbocycles. The number of nitrogens with one attached hydrogen (secondary N) is 1. The van der Waals surface area contributed by atoms with E-state index in [0.29, 0.717) is 24.7 Å². The van der Waals surface area contributed by atoms with Gasteiger partial charge in [-0.25, -0.2) is 0 Å². The molecule has 0 aliphatic carbocycles. The monoisotopic (exact) mass is 364 g/mol. The maximum absolute atomic E-state index is 11.6. The first kappa shape index (κ1) is 17.1. The Bertz CT molecular complexity index is 497. The SMILES string of the molecule is CC(NC(=O)[C@H](C)N)c1cc2c(cc1Br)OCCO2.Cl. The summed E-state index contributed by atoms with van der Waals surface area (Å²) in [6, 6.07) is 3.05. The van der Waals surface area contributed by atoms with Gasteiger partial charge in [-0.15, -0.1) is 12.4 Å². The lowest BCUT2D eigenvalue weighted by molar-refractivity contribution is -0.122. The number of amides is 1. The molecule has 0 radical (unpaired) electrons. The fraction of sp³-hybridized carbons (Fsp3) is 0.462. The molecular weight excluding hydrogens is 348 g/mol. The summed E-state index contributed by atoms with van der Waals surface area (Å²) in [5, 5.41) is 2.85. The van der Waals surface area contributed by atoms with E-state index in [-0.39, 0.29) is 24.4 Å². The highest BCUT2D eigenvalue weighted by Crippen LogP contribution is 2.37. The van der Waals surface area contributed by atoms with Gasteiger partial charge in [-0.2, -0.15) is 0 Å². The Labute approximate surface area is 132 Å². The Balaban J connectivity index is 0.00000200. The van der Waals surface area contributed by atoms with E-state index in [1.807, 2.05) is 19.1 Å². The number of hydrogen-bond acceptors (Lipinski definition) is 4. The molecule has 0 aromatic heterocycles. The lowest BCUT2D eigenvalue weighted by Crippen LogP contribution is -2.39. The summed E-state index contributed by atoms with van der Waals surface area (Å²) >= 11 is 3.48. The van der Waals surface area contributed by atoms with Crippen LogP contribution >= 0.6 is 28.3 Å². The van der Waals surface area contributed by atoms with E-state index >= 15 is 0 Å². The van der Waals surface area contributed by atoms with Gasteiger partial charge in [-0.3, -0.25) is 4.79 Å². The van der Waals surface area contributed by atoms with Gasteiger partial charge in [0.2, 0.25) is 5.91 Å². The van der Waals surface area contributed by atoms with Crippen molar-refractivity contribution in [3.8, 4) is 11.5 Å². The molecular formula is C13H18BrClN2O3. The Hall–Kier alpha value is -0.980. The van der Waals surface area contributed by atoms with Crippen molar-refractivity contribution < 1.29 is 14.3 Å². The van der Waals surface area contributed by atoms with Crippen LogP contribution in [0.25, 0.3) is 0 Å². The molecule has 0 fully saturated rings. The van der Waals surface area contributed by atoms with Gasteiger partial charge in [0.25, 0.3) is 0 Å². The lowest BCUT2D eigenvalue weighted by atomic mass is 10.1. The molecule has 0 bridgehead atoms. The first-order valence-electron chi connectivity index (χ1n) is 6.14. The highest BCUT2D eigenvalue weighted by Gasteiger charge is 2.19. The maximum Gasteiger partial charge on any atom is 0.237 e. The summed E-state index contributed by atoms with van der Waals surface area (Å²) in [5.74, 6) is 1.23. The summed E-state index contributed by atoms with van der Waals surface area (Å²) in [7, 11) is 0. The smallest absolute Gasteiger partial charge is 0.237 e. The van der Waals surface area contributed by atoms with Crippen LogP contribution in [0, 0.1) is 0 Å². The number of nitrogens with two attached hydrogens (primary N) is 1. The zero-order valence-electron chi connectivity index (χ0n) is 11.3. The van der Waals surface area contributed by atoms with E-state index in [0.717, 1.165) is 10.0 Å². The molecule has 2 rings (SSSR count). The van der Waals surface area contributed by atoms with Crippen molar-refractivity contribution in [1.82, 2.24) is 5.32 Å². The van der Waals surface area contributed by atoms with Crippen LogP contribution in [0.4, 0.5) is 0 Å². The summed E-state index contributed by atoms with van der Waals surface area (Å²) in [6.45, 7) is 4.64. The molecule has 112 valence electrons. The fourth-order valence-corrected chi connectivity index (χ4v) is 2.50. The fourth-order valence-electron chi connectivity index (χ4n) is 1.83. The molecule has 1 heterocycles. The zero-order valence-corrected chi connectivity index (χ0v) is 13.7. The van der Waals surface area contributed by atoms with Crippen molar-refractivity contribution in [2.45, 2.75) is 25.9 Å². The summed E-state index contributed by atoms with van der Waals surface area (Å²) in [6.07, 6.45) is 0. The van der Waals surface area contributed by atoms with Crippen LogP contribution in [-0.4, -0.2) is 25.2 Å². The Morgan fingerprint density at radius 3 is 2.40 bits per heavy atom. The second kappa shape index (κ2) is 7.15. The van der Waals surface area contributed by atoms with Crippen LogP contribution in [0.1, 0.15) is 25.5 Å². The van der Waals surface area contributed by atoms with E-state index in [4.69, 9.17) is 15.2 Å². The zero-order chi connectivity index (χ0) is 14.0. The molecule has 0 saturated heterocycles. The van der Waals surface area contributed by atoms with Crippen LogP contribution in [0.5, 0.6) is 11.5 Å². The first-order chi connectivity index (χ1) is 8.99. The van der Waals surface area contributed by atoms with E-state index < -0.39 is 6.04 Å². The summed E-state index contributed by atoms with van der Waals surface area (Å²) in [4.78, 5) is 11.6. The second-order valence-electron chi connectivity index (χ2n) is 4.54. The van der Waals surface area contributed by atoms with Gasteiger partial charge in [0.15, 0.2) is 11.5 Å². The molecule has 0 saturated carbocycles. The van der Waals surface area contributed by atoms with Crippen molar-refractivity contribution in [1.29, 1.82) is 0 Å². The summed E-state index contributed by atoms with van der Waals surface area (Å²) < 4.78 is 11.9. The van der Waals surface area contributed by atoms with Gasteiger partial charge in [-0.1, -0.05) is 15.9 Å². The number of carbonyl (C=O) groups is 1. The van der Waals surface area contributed by atoms with Gasteiger partial charge in [0.05, 0.1) is 12.1 Å². The third kappa shape index (κ3) is 3.77. The standard InChI is InChI=1S/C13H17BrN2O3.ClH/c1-7(15)13(17)16-8(2)9-5-11-12(6-10(9)14)19-4-3-18-11;/h5-8H,3-4,15H2,1-2H3,(H,16,17);1H/t7-,8?;/m0./s1. The highest BCUT2D eigenvalue weighted by molar-refractivity contribution is 9.10. The molecule has 5 nitrogen and oxygen atoms in total. The molecule has 7 heteroatoms. The van der Waals surface area contributed by atoms with E-state index in [1.54, 1.807) is 6.92 Å². The maximum atomic E-state index is 11.6. The number of benzene rings is 1. The van der Waals surface area contributed by atoms with Gasteiger partial charge in [-0.05, 0) is 31.5 Å². The predicted molar refractivity (Wildman–Crippen MR) is 82.6 cm³/mol. The Kier molecular flexibility index (Phi) is 6.10. The minimum absolute atomic E-state index is 0. The van der Waals surface area contributed by atoms with Crippen molar-refractivity contribution in [2.24, 2.45) is 5.73 Å². The van der Waals surface area contributed by atoms with Crippen LogP contribution in [0.15, 0.2) is 16.6 Å². The molecule has 1 aromatic rings. The van der Waals surface area contributed by atoms with Crippen LogP contribution in [0.2, 0.25) is 0 Å². The third-order valence-corrected chi connectivity index (χ3v) is 3.59. The summed E-state index contributed by atoms with van der Waals surface area (Å²) in [5.41, 5.74) is 6.47. The molecule has 3 N–H and O–H groups in total. The Morgan fingerprint density at radius 2 is 1.85 bits per heavy atom. The van der Waals surface area contributed by atoms with Crippen LogP contribution < -0.4 is 20.5 Å². The number of rotatable bonds is 3. The normalized spacial score (nSPS) is 15.8. The third-order valence-electron chi connectivity index (χ3n) is 2.90. The van der Waals surface area contributed by atoms with Crippen molar-refractivity contribution in [3.05, 3.63) is 22.2 Å². The van der Waals surface area contributed by atoms with Crippen molar-refractivity contribution in [3.63, 3.8) is 0 Å². The number of ether oxygens (including phenoxy) is 2. The molecule has 1 aliphatic heterocycles. The molecule has 2 atom stereocenters. The average molecular weight is 366 g/mol. The van der Waals surface area contributed by atoms with Gasteiger partial charge in [0.1, 0.15) is 13.2 Å². The minimum Gasteiger partial charge on any atom is -0.486 e. The highest BCUT2D eigenvalue weighted by atomic mass is 79.9. The van der Waals surface area contributed by atoms with Crippen molar-refractivity contribution >= 4 is 34.2 Å². The van der Waals surface area contributed by atoms with Crippen LogP contribution in [0.3, 0.4) is 0 Å². The largest absolute Gasteiger partial charge is 0.486 e. The van der Waals surface area contributed by atoms with E-state index in [1.165, 1.54) is 0 Å². The number of halogens is 2. The molecule has 20 heavy (non-hydrogen) atoms. The molecule has 1 amide bonds. The van der Waals surface area contributed by atoms with E-state index in [2.05, 4.69) is 21.2 Å². The predicted octanol–water partition coefficient (Wildman–Crippen LogP) is 2.17. The van der Waals surface area contributed by atoms with Crippen LogP contribution in [-0.2, 0) is 4.79 Å². The quantitative estimate of drug-likeness (QED) is 0.861. The topological polar surface area (TPSA) is 73.6 Å². The van der Waals surface area contributed by atoms with Gasteiger partial charge in [0, 0.05) is 4.47 Å². The Morgan fingerprint density at radius 1 is 1.30 bits per heavy atom. The minimum atomic E-state index is -0.529. The lowest BCUT2D eigenvalue weighted by Gasteiger charge is -2.22. The second-order valence-corrected chi connectivity index (χ2v) is 5.39. The number of hydrogen-bond donors (Lipinski definition) is 2. The van der Waals surface area contributed by atoms with E-state index in [9.17, 15) is 4.79 Å². The molecule has 0 spiro atoms. The van der Waals surface area contributed by atoms with Gasteiger partial charge >= 0.3 is 0 Å². The number of carbonyl (C=O) groups excluding carboxylic acids is 1. The average Bonchev–Trinajstić information content (AvgIpc) is 2.37. The number of fused-ring (bicyclic) bond motifs is 1. The molecule has 1 unspecified atom stereocenters. The van der Waals surface area contributed by atoms with Crippen molar-refractivity contribution in [2.75, 3.05) is 13.2 Å². The van der Waals surface area contributed by atoms with Gasteiger partial charge < -0.3 is 20.5 Å².